The third kappa shape index (κ3) is 5.80. The van der Waals surface area contributed by atoms with Crippen molar-refractivity contribution in [2.24, 2.45) is 0 Å². The van der Waals surface area contributed by atoms with Crippen LogP contribution in [0.4, 0.5) is 5.69 Å². The van der Waals surface area contributed by atoms with Crippen LogP contribution in [0.25, 0.3) is 0 Å². The van der Waals surface area contributed by atoms with Crippen LogP contribution in [0.1, 0.15) is 25.0 Å². The van der Waals surface area contributed by atoms with E-state index in [0.29, 0.717) is 6.54 Å². The summed E-state index contributed by atoms with van der Waals surface area (Å²) < 4.78 is 31.9. The van der Waals surface area contributed by atoms with Gasteiger partial charge in [-0.05, 0) is 30.2 Å². The molecule has 0 aliphatic heterocycles. The summed E-state index contributed by atoms with van der Waals surface area (Å²) in [6.45, 7) is 5.77. The Morgan fingerprint density at radius 2 is 1.77 bits per heavy atom. The van der Waals surface area contributed by atoms with Crippen molar-refractivity contribution in [3.8, 4) is 5.75 Å². The number of nitro groups is 1. The van der Waals surface area contributed by atoms with Crippen LogP contribution in [-0.2, 0) is 21.4 Å². The van der Waals surface area contributed by atoms with Crippen molar-refractivity contribution in [1.29, 1.82) is 0 Å². The fourth-order valence-electron chi connectivity index (χ4n) is 3.02. The Morgan fingerprint density at radius 1 is 1.13 bits per heavy atom. The number of nitrogens with zero attached hydrogens (tertiary/aromatic N) is 3. The second-order valence-electron chi connectivity index (χ2n) is 6.94. The Balaban J connectivity index is 2.17. The number of ether oxygens (including phenoxy) is 1. The zero-order valence-electron chi connectivity index (χ0n) is 18.1. The Kier molecular flexibility index (Phi) is 8.12. The summed E-state index contributed by atoms with van der Waals surface area (Å²) in [5, 5.41) is 11.5. The number of rotatable bonds is 10. The molecule has 31 heavy (non-hydrogen) atoms. The van der Waals surface area contributed by atoms with E-state index in [2.05, 4.69) is 0 Å². The molecule has 0 fully saturated rings. The molecule has 0 aliphatic carbocycles. The molecule has 1 amide bonds. The molecule has 10 heteroatoms. The second-order valence-corrected chi connectivity index (χ2v) is 8.88. The molecule has 2 aromatic carbocycles. The first kappa shape index (κ1) is 24.3. The Labute approximate surface area is 182 Å². The minimum atomic E-state index is -3.86. The molecule has 0 heterocycles. The van der Waals surface area contributed by atoms with Gasteiger partial charge in [-0.2, -0.15) is 4.31 Å². The van der Waals surface area contributed by atoms with Gasteiger partial charge >= 0.3 is 5.69 Å². The second kappa shape index (κ2) is 10.4. The molecule has 0 atom stereocenters. The number of sulfonamides is 1. The van der Waals surface area contributed by atoms with Gasteiger partial charge in [0.25, 0.3) is 5.91 Å². The minimum absolute atomic E-state index is 0.166. The van der Waals surface area contributed by atoms with E-state index >= 15 is 0 Å². The Morgan fingerprint density at radius 3 is 2.35 bits per heavy atom. The summed E-state index contributed by atoms with van der Waals surface area (Å²) in [6.07, 6.45) is 0. The van der Waals surface area contributed by atoms with Crippen LogP contribution in [-0.4, -0.2) is 55.2 Å². The molecule has 0 bridgehead atoms. The van der Waals surface area contributed by atoms with Crippen LogP contribution in [0.15, 0.2) is 47.4 Å². The van der Waals surface area contributed by atoms with E-state index in [1.54, 1.807) is 20.9 Å². The number of likely N-dealkylation sites (N-methyl/N-ethyl adjacent to an activating group) is 1. The molecule has 0 aliphatic rings. The molecule has 0 aromatic heterocycles. The highest BCUT2D eigenvalue weighted by Crippen LogP contribution is 2.31. The summed E-state index contributed by atoms with van der Waals surface area (Å²) in [5.41, 5.74) is 1.52. The highest BCUT2D eigenvalue weighted by Gasteiger charge is 2.26. The van der Waals surface area contributed by atoms with Gasteiger partial charge in [0.1, 0.15) is 0 Å². The SMILES string of the molecule is CCN(CC)S(=O)(=O)c1ccc(OCC(=O)N(C)Cc2ccccc2C)c([N+](=O)[O-])c1. The minimum Gasteiger partial charge on any atom is -0.477 e. The normalized spacial score (nSPS) is 11.4. The lowest BCUT2D eigenvalue weighted by atomic mass is 10.1. The molecule has 0 radical (unpaired) electrons. The molecule has 2 aromatic rings. The van der Waals surface area contributed by atoms with E-state index in [1.165, 1.54) is 21.3 Å². The van der Waals surface area contributed by atoms with Crippen LogP contribution in [0.5, 0.6) is 5.75 Å². The number of hydrogen-bond acceptors (Lipinski definition) is 6. The maximum Gasteiger partial charge on any atom is 0.312 e. The first-order valence-corrected chi connectivity index (χ1v) is 11.3. The lowest BCUT2D eigenvalue weighted by Crippen LogP contribution is -2.31. The monoisotopic (exact) mass is 449 g/mol. The Bertz CT molecular complexity index is 1050. The predicted molar refractivity (Wildman–Crippen MR) is 116 cm³/mol. The van der Waals surface area contributed by atoms with Crippen molar-refractivity contribution in [3.05, 3.63) is 63.7 Å². The van der Waals surface area contributed by atoms with Crippen LogP contribution in [0.3, 0.4) is 0 Å². The standard InChI is InChI=1S/C21H27N3O6S/c1-5-23(6-2)31(28,29)18-11-12-20(19(13-18)24(26)27)30-15-21(25)22(4)14-17-10-8-7-9-16(17)3/h7-13H,5-6,14-15H2,1-4H3. The number of amides is 1. The van der Waals surface area contributed by atoms with E-state index in [1.807, 2.05) is 31.2 Å². The van der Waals surface area contributed by atoms with Crippen molar-refractivity contribution in [2.75, 3.05) is 26.7 Å². The number of carbonyl (C=O) groups is 1. The van der Waals surface area contributed by atoms with Gasteiger partial charge in [0.2, 0.25) is 10.0 Å². The Hall–Kier alpha value is -2.98. The smallest absolute Gasteiger partial charge is 0.312 e. The first-order valence-electron chi connectivity index (χ1n) is 9.81. The molecule has 0 saturated carbocycles. The maximum atomic E-state index is 12.6. The van der Waals surface area contributed by atoms with Crippen molar-refractivity contribution in [2.45, 2.75) is 32.2 Å². The number of aryl methyl sites for hydroxylation is 1. The maximum absolute atomic E-state index is 12.6. The summed E-state index contributed by atoms with van der Waals surface area (Å²) >= 11 is 0. The lowest BCUT2D eigenvalue weighted by Gasteiger charge is -2.19. The topological polar surface area (TPSA) is 110 Å². The van der Waals surface area contributed by atoms with Gasteiger partial charge in [0.15, 0.2) is 12.4 Å². The molecule has 0 N–H and O–H groups in total. The molecular weight excluding hydrogens is 422 g/mol. The van der Waals surface area contributed by atoms with E-state index in [4.69, 9.17) is 4.74 Å². The molecule has 9 nitrogen and oxygen atoms in total. The fourth-order valence-corrected chi connectivity index (χ4v) is 4.49. The molecule has 0 spiro atoms. The van der Waals surface area contributed by atoms with Gasteiger partial charge in [-0.3, -0.25) is 14.9 Å². The molecular formula is C21H27N3O6S. The summed E-state index contributed by atoms with van der Waals surface area (Å²) in [7, 11) is -2.24. The number of carbonyl (C=O) groups excluding carboxylic acids is 1. The van der Waals surface area contributed by atoms with Crippen molar-refractivity contribution in [3.63, 3.8) is 0 Å². The third-order valence-corrected chi connectivity index (χ3v) is 6.96. The van der Waals surface area contributed by atoms with Crippen molar-refractivity contribution < 1.29 is 22.9 Å². The van der Waals surface area contributed by atoms with E-state index in [9.17, 15) is 23.3 Å². The van der Waals surface area contributed by atoms with Gasteiger partial charge in [-0.1, -0.05) is 38.1 Å². The van der Waals surface area contributed by atoms with E-state index in [-0.39, 0.29) is 29.6 Å². The van der Waals surface area contributed by atoms with Crippen LogP contribution >= 0.6 is 0 Å². The van der Waals surface area contributed by atoms with E-state index in [0.717, 1.165) is 17.2 Å². The van der Waals surface area contributed by atoms with Crippen LogP contribution in [0, 0.1) is 17.0 Å². The van der Waals surface area contributed by atoms with Crippen molar-refractivity contribution in [1.82, 2.24) is 9.21 Å². The number of nitro benzene ring substituents is 1. The van der Waals surface area contributed by atoms with Crippen molar-refractivity contribution >= 4 is 21.6 Å². The quantitative estimate of drug-likeness (QED) is 0.407. The molecule has 168 valence electrons. The third-order valence-electron chi connectivity index (χ3n) is 4.92. The molecule has 2 rings (SSSR count). The number of benzene rings is 2. The lowest BCUT2D eigenvalue weighted by molar-refractivity contribution is -0.386. The van der Waals surface area contributed by atoms with Crippen LogP contribution < -0.4 is 4.74 Å². The zero-order chi connectivity index (χ0) is 23.2. The largest absolute Gasteiger partial charge is 0.477 e. The van der Waals surface area contributed by atoms with E-state index < -0.39 is 27.2 Å². The summed E-state index contributed by atoms with van der Waals surface area (Å²) in [6, 6.07) is 11.1. The van der Waals surface area contributed by atoms with Gasteiger partial charge in [-0.15, -0.1) is 0 Å². The predicted octanol–water partition coefficient (Wildman–Crippen LogP) is 2.97. The molecule has 0 saturated heterocycles. The van der Waals surface area contributed by atoms with Gasteiger partial charge in [-0.25, -0.2) is 8.42 Å². The summed E-state index contributed by atoms with van der Waals surface area (Å²) in [5.74, 6) is -0.529. The fraction of sp³-hybridized carbons (Fsp3) is 0.381. The summed E-state index contributed by atoms with van der Waals surface area (Å²) in [4.78, 5) is 24.5. The first-order chi connectivity index (χ1) is 14.6. The van der Waals surface area contributed by atoms with Gasteiger partial charge in [0.05, 0.1) is 9.82 Å². The zero-order valence-corrected chi connectivity index (χ0v) is 18.9. The number of hydrogen-bond donors (Lipinski definition) is 0. The van der Waals surface area contributed by atoms with Gasteiger partial charge < -0.3 is 9.64 Å². The highest BCUT2D eigenvalue weighted by molar-refractivity contribution is 7.89. The average Bonchev–Trinajstić information content (AvgIpc) is 2.73. The van der Waals surface area contributed by atoms with Crippen LogP contribution in [0.2, 0.25) is 0 Å². The highest BCUT2D eigenvalue weighted by atomic mass is 32.2. The molecule has 0 unspecified atom stereocenters. The van der Waals surface area contributed by atoms with Gasteiger partial charge in [0, 0.05) is 32.7 Å². The average molecular weight is 450 g/mol.